The van der Waals surface area contributed by atoms with Crippen LogP contribution < -0.4 is 4.72 Å². The van der Waals surface area contributed by atoms with E-state index in [1.807, 2.05) is 35.0 Å². The molecule has 29 heavy (non-hydrogen) atoms. The minimum atomic E-state index is -3.78. The van der Waals surface area contributed by atoms with Crippen molar-refractivity contribution in [3.05, 3.63) is 76.3 Å². The van der Waals surface area contributed by atoms with Gasteiger partial charge < -0.3 is 0 Å². The smallest absolute Gasteiger partial charge is 0.231 e. The average molecular weight is 441 g/mol. The summed E-state index contributed by atoms with van der Waals surface area (Å²) in [5, 5.41) is 11.6. The Balaban J connectivity index is 1.60. The van der Waals surface area contributed by atoms with Crippen molar-refractivity contribution in [3.8, 4) is 21.1 Å². The molecule has 2 N–H and O–H groups in total. The predicted molar refractivity (Wildman–Crippen MR) is 117 cm³/mol. The molecular formula is C20H16N4O2S3. The Hall–Kier alpha value is -2.77. The van der Waals surface area contributed by atoms with Gasteiger partial charge in [0.1, 0.15) is 5.69 Å². The van der Waals surface area contributed by atoms with Crippen LogP contribution in [0.15, 0.2) is 64.2 Å². The van der Waals surface area contributed by atoms with Crippen LogP contribution >= 0.6 is 22.7 Å². The van der Waals surface area contributed by atoms with Gasteiger partial charge in [0.05, 0.1) is 26.9 Å². The fraction of sp³-hybridized carbons (Fsp3) is 0.100. The second-order valence-electron chi connectivity index (χ2n) is 6.11. The van der Waals surface area contributed by atoms with E-state index < -0.39 is 10.0 Å². The summed E-state index contributed by atoms with van der Waals surface area (Å²) in [6.45, 7) is 7.39. The lowest BCUT2D eigenvalue weighted by atomic mass is 10.1. The number of benzene rings is 1. The van der Waals surface area contributed by atoms with E-state index in [0.717, 1.165) is 26.7 Å². The molecule has 4 rings (SSSR count). The van der Waals surface area contributed by atoms with Gasteiger partial charge >= 0.3 is 0 Å². The van der Waals surface area contributed by atoms with Crippen LogP contribution in [0, 0.1) is 6.57 Å². The van der Waals surface area contributed by atoms with Crippen molar-refractivity contribution in [3.63, 3.8) is 0 Å². The number of nitrogens with zero attached hydrogens (tertiary/aromatic N) is 2. The lowest BCUT2D eigenvalue weighted by Gasteiger charge is -2.09. The van der Waals surface area contributed by atoms with E-state index in [0.29, 0.717) is 6.42 Å². The Morgan fingerprint density at radius 1 is 1.03 bits per heavy atom. The summed E-state index contributed by atoms with van der Waals surface area (Å²) in [7, 11) is -3.78. The molecule has 0 spiro atoms. The van der Waals surface area contributed by atoms with Gasteiger partial charge in [-0.3, -0.25) is 5.10 Å². The molecule has 0 aliphatic heterocycles. The van der Waals surface area contributed by atoms with Crippen molar-refractivity contribution in [1.82, 2.24) is 14.9 Å². The first kappa shape index (κ1) is 19.5. The maximum atomic E-state index is 12.7. The normalized spacial score (nSPS) is 11.4. The highest BCUT2D eigenvalue weighted by Crippen LogP contribution is 2.34. The Bertz CT molecular complexity index is 1200. The molecule has 0 fully saturated rings. The Labute approximate surface area is 176 Å². The molecule has 0 aliphatic rings. The highest BCUT2D eigenvalue weighted by Gasteiger charge is 2.21. The zero-order valence-corrected chi connectivity index (χ0v) is 17.6. The van der Waals surface area contributed by atoms with Gasteiger partial charge in [-0.2, -0.15) is 5.10 Å². The SMILES string of the molecule is [C-]#[N+]c1ccccc1S(=O)(=O)NCCc1c(-c2cccs2)n[nH]c1-c1cccs1. The number of hydrogen-bond donors (Lipinski definition) is 2. The van der Waals surface area contributed by atoms with Crippen LogP contribution in [-0.4, -0.2) is 25.2 Å². The largest absolute Gasteiger partial charge is 0.276 e. The molecular weight excluding hydrogens is 424 g/mol. The van der Waals surface area contributed by atoms with Crippen LogP contribution in [-0.2, 0) is 16.4 Å². The van der Waals surface area contributed by atoms with Crippen LogP contribution in [0.25, 0.3) is 26.0 Å². The number of nitrogens with one attached hydrogen (secondary N) is 2. The van der Waals surface area contributed by atoms with Gasteiger partial charge in [-0.05, 0) is 29.3 Å². The van der Waals surface area contributed by atoms with Crippen molar-refractivity contribution in [2.75, 3.05) is 6.54 Å². The molecule has 0 aliphatic carbocycles. The molecule has 0 atom stereocenters. The van der Waals surface area contributed by atoms with Crippen LogP contribution in [0.5, 0.6) is 0 Å². The van der Waals surface area contributed by atoms with E-state index in [2.05, 4.69) is 19.8 Å². The Morgan fingerprint density at radius 3 is 2.45 bits per heavy atom. The van der Waals surface area contributed by atoms with E-state index in [9.17, 15) is 8.42 Å². The number of H-pyrrole nitrogens is 1. The molecule has 3 aromatic heterocycles. The zero-order chi connectivity index (χ0) is 20.3. The number of hydrogen-bond acceptors (Lipinski definition) is 5. The van der Waals surface area contributed by atoms with E-state index in [4.69, 9.17) is 6.57 Å². The lowest BCUT2D eigenvalue weighted by molar-refractivity contribution is 0.582. The minimum Gasteiger partial charge on any atom is -0.276 e. The average Bonchev–Trinajstić information content (AvgIpc) is 3.48. The number of thiophene rings is 2. The van der Waals surface area contributed by atoms with Crippen LogP contribution in [0.4, 0.5) is 5.69 Å². The highest BCUT2D eigenvalue weighted by molar-refractivity contribution is 7.89. The molecule has 0 saturated heterocycles. The third kappa shape index (κ3) is 4.02. The third-order valence-corrected chi connectivity index (χ3v) is 7.60. The van der Waals surface area contributed by atoms with Gasteiger partial charge in [0.15, 0.2) is 0 Å². The number of sulfonamides is 1. The van der Waals surface area contributed by atoms with Crippen LogP contribution in [0.3, 0.4) is 0 Å². The maximum absolute atomic E-state index is 12.7. The van der Waals surface area contributed by atoms with Crippen LogP contribution in [0.1, 0.15) is 5.56 Å². The summed E-state index contributed by atoms with van der Waals surface area (Å²) in [5.41, 5.74) is 2.83. The molecule has 6 nitrogen and oxygen atoms in total. The molecule has 1 aromatic carbocycles. The van der Waals surface area contributed by atoms with E-state index >= 15 is 0 Å². The first-order valence-electron chi connectivity index (χ1n) is 8.71. The maximum Gasteiger partial charge on any atom is 0.231 e. The molecule has 9 heteroatoms. The van der Waals surface area contributed by atoms with Gasteiger partial charge in [-0.15, -0.1) is 22.7 Å². The van der Waals surface area contributed by atoms with Crippen molar-refractivity contribution >= 4 is 38.4 Å². The van der Waals surface area contributed by atoms with E-state index in [1.54, 1.807) is 34.8 Å². The Morgan fingerprint density at radius 2 is 1.76 bits per heavy atom. The predicted octanol–water partition coefficient (Wildman–Crippen LogP) is 4.94. The number of para-hydroxylation sites is 1. The molecule has 4 aromatic rings. The van der Waals surface area contributed by atoms with Crippen molar-refractivity contribution in [2.45, 2.75) is 11.3 Å². The van der Waals surface area contributed by atoms with Crippen LogP contribution in [0.2, 0.25) is 0 Å². The summed E-state index contributed by atoms with van der Waals surface area (Å²) in [6, 6.07) is 14.2. The van der Waals surface area contributed by atoms with Gasteiger partial charge in [-0.25, -0.2) is 18.0 Å². The highest BCUT2D eigenvalue weighted by atomic mass is 32.2. The molecule has 3 heterocycles. The Kier molecular flexibility index (Phi) is 5.60. The zero-order valence-electron chi connectivity index (χ0n) is 15.1. The first-order chi connectivity index (χ1) is 14.1. The number of aromatic amines is 1. The number of aromatic nitrogens is 2. The standard InChI is InChI=1S/C20H16N4O2S3/c1-21-15-6-2-3-9-18(15)29(25,26)22-11-10-14-19(16-7-4-12-27-16)23-24-20(14)17-8-5-13-28-17/h2-9,12-13,22H,10-11H2,(H,23,24). The number of rotatable bonds is 7. The third-order valence-electron chi connectivity index (χ3n) is 4.33. The van der Waals surface area contributed by atoms with Crippen molar-refractivity contribution < 1.29 is 8.42 Å². The quantitative estimate of drug-likeness (QED) is 0.400. The van der Waals surface area contributed by atoms with Gasteiger partial charge in [-0.1, -0.05) is 36.4 Å². The molecule has 0 radical (unpaired) electrons. The van der Waals surface area contributed by atoms with Crippen molar-refractivity contribution in [1.29, 1.82) is 0 Å². The second-order valence-corrected chi connectivity index (χ2v) is 9.74. The summed E-state index contributed by atoms with van der Waals surface area (Å²) >= 11 is 3.19. The summed E-state index contributed by atoms with van der Waals surface area (Å²) in [5.74, 6) is 0. The summed E-state index contributed by atoms with van der Waals surface area (Å²) < 4.78 is 28.0. The summed E-state index contributed by atoms with van der Waals surface area (Å²) in [4.78, 5) is 5.39. The first-order valence-corrected chi connectivity index (χ1v) is 12.0. The molecule has 0 amide bonds. The molecule has 0 bridgehead atoms. The minimum absolute atomic E-state index is 0.000783. The fourth-order valence-electron chi connectivity index (χ4n) is 3.02. The summed E-state index contributed by atoms with van der Waals surface area (Å²) in [6.07, 6.45) is 0.469. The molecule has 0 unspecified atom stereocenters. The monoisotopic (exact) mass is 440 g/mol. The molecule has 0 saturated carbocycles. The van der Waals surface area contributed by atoms with Gasteiger partial charge in [0, 0.05) is 12.1 Å². The topological polar surface area (TPSA) is 79.2 Å². The second kappa shape index (κ2) is 8.31. The van der Waals surface area contributed by atoms with Gasteiger partial charge in [0.25, 0.3) is 0 Å². The van der Waals surface area contributed by atoms with Crippen molar-refractivity contribution in [2.24, 2.45) is 0 Å². The van der Waals surface area contributed by atoms with E-state index in [-0.39, 0.29) is 17.1 Å². The fourth-order valence-corrected chi connectivity index (χ4v) is 5.68. The van der Waals surface area contributed by atoms with E-state index in [1.165, 1.54) is 12.1 Å². The molecule has 146 valence electrons. The van der Waals surface area contributed by atoms with Gasteiger partial charge in [0.2, 0.25) is 15.7 Å². The lowest BCUT2D eigenvalue weighted by Crippen LogP contribution is -2.26.